The first-order valence-electron chi connectivity index (χ1n) is 6.39. The second-order valence-electron chi connectivity index (χ2n) is 4.80. The Morgan fingerprint density at radius 3 is 3.17 bits per heavy atom. The predicted molar refractivity (Wildman–Crippen MR) is 66.9 cm³/mol. The van der Waals surface area contributed by atoms with Crippen molar-refractivity contribution in [1.82, 2.24) is 10.2 Å². The average molecular weight is 252 g/mol. The standard InChI is InChI=1S/C13H20N2O3/c1-10-4-2-6-15(10)9-13(17)14-8-11(16)12-5-3-7-18-12/h3,5,7,10-11,16H,2,4,6,8-9H2,1H3,(H,14,17). The normalized spacial score (nSPS) is 22.0. The Bertz CT molecular complexity index is 378. The summed E-state index contributed by atoms with van der Waals surface area (Å²) in [5, 5.41) is 12.5. The Morgan fingerprint density at radius 1 is 1.72 bits per heavy atom. The summed E-state index contributed by atoms with van der Waals surface area (Å²) in [6.07, 6.45) is 3.04. The van der Waals surface area contributed by atoms with Gasteiger partial charge in [0, 0.05) is 6.04 Å². The fraction of sp³-hybridized carbons (Fsp3) is 0.615. The van der Waals surface area contributed by atoms with Gasteiger partial charge in [-0.3, -0.25) is 9.69 Å². The third-order valence-electron chi connectivity index (χ3n) is 3.40. The monoisotopic (exact) mass is 252 g/mol. The Balaban J connectivity index is 1.71. The van der Waals surface area contributed by atoms with Gasteiger partial charge in [-0.1, -0.05) is 0 Å². The fourth-order valence-electron chi connectivity index (χ4n) is 2.26. The third-order valence-corrected chi connectivity index (χ3v) is 3.40. The minimum Gasteiger partial charge on any atom is -0.467 e. The molecule has 5 nitrogen and oxygen atoms in total. The molecule has 2 unspecified atom stereocenters. The van der Waals surface area contributed by atoms with Crippen LogP contribution < -0.4 is 5.32 Å². The van der Waals surface area contributed by atoms with Gasteiger partial charge in [0.2, 0.25) is 5.91 Å². The molecule has 1 aromatic heterocycles. The quantitative estimate of drug-likeness (QED) is 0.817. The van der Waals surface area contributed by atoms with Crippen LogP contribution in [0.25, 0.3) is 0 Å². The zero-order valence-corrected chi connectivity index (χ0v) is 10.6. The molecule has 2 atom stereocenters. The van der Waals surface area contributed by atoms with E-state index in [0.29, 0.717) is 18.3 Å². The van der Waals surface area contributed by atoms with Crippen LogP contribution in [0.2, 0.25) is 0 Å². The van der Waals surface area contributed by atoms with Gasteiger partial charge >= 0.3 is 0 Å². The molecule has 0 saturated carbocycles. The van der Waals surface area contributed by atoms with E-state index in [1.165, 1.54) is 6.26 Å². The van der Waals surface area contributed by atoms with Gasteiger partial charge in [-0.25, -0.2) is 0 Å². The number of hydrogen-bond donors (Lipinski definition) is 2. The molecule has 1 aliphatic rings. The zero-order chi connectivity index (χ0) is 13.0. The maximum absolute atomic E-state index is 11.7. The van der Waals surface area contributed by atoms with E-state index in [2.05, 4.69) is 17.1 Å². The number of aliphatic hydroxyl groups is 1. The molecule has 2 rings (SSSR count). The first kappa shape index (κ1) is 13.1. The molecule has 5 heteroatoms. The fourth-order valence-corrected chi connectivity index (χ4v) is 2.26. The van der Waals surface area contributed by atoms with Crippen molar-refractivity contribution >= 4 is 5.91 Å². The molecular weight excluding hydrogens is 232 g/mol. The number of hydrogen-bond acceptors (Lipinski definition) is 4. The molecule has 1 saturated heterocycles. The van der Waals surface area contributed by atoms with E-state index < -0.39 is 6.10 Å². The lowest BCUT2D eigenvalue weighted by molar-refractivity contribution is -0.122. The number of amides is 1. The van der Waals surface area contributed by atoms with Crippen molar-refractivity contribution in [2.45, 2.75) is 31.9 Å². The summed E-state index contributed by atoms with van der Waals surface area (Å²) in [4.78, 5) is 13.9. The molecule has 0 spiro atoms. The van der Waals surface area contributed by atoms with E-state index in [-0.39, 0.29) is 12.5 Å². The minimum atomic E-state index is -0.778. The van der Waals surface area contributed by atoms with Gasteiger partial charge in [-0.2, -0.15) is 0 Å². The third kappa shape index (κ3) is 3.34. The van der Waals surface area contributed by atoms with Crippen molar-refractivity contribution in [2.75, 3.05) is 19.6 Å². The maximum atomic E-state index is 11.7. The molecule has 0 radical (unpaired) electrons. The van der Waals surface area contributed by atoms with E-state index >= 15 is 0 Å². The number of carbonyl (C=O) groups excluding carboxylic acids is 1. The minimum absolute atomic E-state index is 0.0469. The summed E-state index contributed by atoms with van der Waals surface area (Å²) >= 11 is 0. The molecule has 2 heterocycles. The SMILES string of the molecule is CC1CCCN1CC(=O)NCC(O)c1ccco1. The van der Waals surface area contributed by atoms with Crippen LogP contribution in [0.15, 0.2) is 22.8 Å². The van der Waals surface area contributed by atoms with Crippen molar-refractivity contribution in [3.63, 3.8) is 0 Å². The summed E-state index contributed by atoms with van der Waals surface area (Å²) < 4.78 is 5.07. The molecule has 1 amide bonds. The molecule has 18 heavy (non-hydrogen) atoms. The van der Waals surface area contributed by atoms with Crippen molar-refractivity contribution < 1.29 is 14.3 Å². The van der Waals surface area contributed by atoms with Crippen LogP contribution in [0.3, 0.4) is 0 Å². The number of nitrogens with one attached hydrogen (secondary N) is 1. The van der Waals surface area contributed by atoms with E-state index in [4.69, 9.17) is 4.42 Å². The van der Waals surface area contributed by atoms with Crippen LogP contribution in [-0.4, -0.2) is 41.6 Å². The lowest BCUT2D eigenvalue weighted by Gasteiger charge is -2.20. The molecule has 1 fully saturated rings. The highest BCUT2D eigenvalue weighted by Gasteiger charge is 2.22. The van der Waals surface area contributed by atoms with Crippen LogP contribution in [0.4, 0.5) is 0 Å². The van der Waals surface area contributed by atoms with Crippen molar-refractivity contribution in [1.29, 1.82) is 0 Å². The summed E-state index contributed by atoms with van der Waals surface area (Å²) in [5.41, 5.74) is 0. The average Bonchev–Trinajstić information content (AvgIpc) is 2.99. The highest BCUT2D eigenvalue weighted by atomic mass is 16.4. The van der Waals surface area contributed by atoms with Gasteiger partial charge in [0.05, 0.1) is 19.4 Å². The van der Waals surface area contributed by atoms with Crippen LogP contribution in [0.1, 0.15) is 31.6 Å². The Morgan fingerprint density at radius 2 is 2.56 bits per heavy atom. The van der Waals surface area contributed by atoms with Crippen molar-refractivity contribution in [3.05, 3.63) is 24.2 Å². The first-order chi connectivity index (χ1) is 8.66. The molecule has 1 aliphatic heterocycles. The number of likely N-dealkylation sites (tertiary alicyclic amines) is 1. The van der Waals surface area contributed by atoms with Crippen molar-refractivity contribution in [3.8, 4) is 0 Å². The van der Waals surface area contributed by atoms with Crippen molar-refractivity contribution in [2.24, 2.45) is 0 Å². The summed E-state index contributed by atoms with van der Waals surface area (Å²) in [6.45, 7) is 3.72. The molecular formula is C13H20N2O3. The molecule has 0 aromatic carbocycles. The van der Waals surface area contributed by atoms with Gasteiger partial charge in [-0.05, 0) is 38.4 Å². The van der Waals surface area contributed by atoms with Gasteiger partial charge < -0.3 is 14.8 Å². The number of carbonyl (C=O) groups is 1. The maximum Gasteiger partial charge on any atom is 0.234 e. The molecule has 0 bridgehead atoms. The number of furan rings is 1. The van der Waals surface area contributed by atoms with E-state index in [0.717, 1.165) is 19.4 Å². The smallest absolute Gasteiger partial charge is 0.234 e. The first-order valence-corrected chi connectivity index (χ1v) is 6.39. The predicted octanol–water partition coefficient (Wildman–Crippen LogP) is 0.913. The molecule has 0 aliphatic carbocycles. The van der Waals surface area contributed by atoms with E-state index in [9.17, 15) is 9.90 Å². The van der Waals surface area contributed by atoms with Crippen LogP contribution in [0, 0.1) is 0 Å². The van der Waals surface area contributed by atoms with Crippen LogP contribution >= 0.6 is 0 Å². The van der Waals surface area contributed by atoms with E-state index in [1.807, 2.05) is 0 Å². The number of nitrogens with zero attached hydrogens (tertiary/aromatic N) is 1. The summed E-state index contributed by atoms with van der Waals surface area (Å²) in [7, 11) is 0. The highest BCUT2D eigenvalue weighted by molar-refractivity contribution is 5.78. The Labute approximate surface area is 107 Å². The van der Waals surface area contributed by atoms with E-state index in [1.54, 1.807) is 12.1 Å². The lowest BCUT2D eigenvalue weighted by Crippen LogP contribution is -2.40. The lowest BCUT2D eigenvalue weighted by atomic mass is 10.2. The Hall–Kier alpha value is -1.33. The summed E-state index contributed by atoms with van der Waals surface area (Å²) in [5.74, 6) is 0.430. The highest BCUT2D eigenvalue weighted by Crippen LogP contribution is 2.15. The second kappa shape index (κ2) is 6.02. The van der Waals surface area contributed by atoms with Crippen LogP contribution in [0.5, 0.6) is 0 Å². The summed E-state index contributed by atoms with van der Waals surface area (Å²) in [6, 6.07) is 3.89. The zero-order valence-electron chi connectivity index (χ0n) is 10.6. The Kier molecular flexibility index (Phi) is 4.38. The van der Waals surface area contributed by atoms with Gasteiger partial charge in [0.25, 0.3) is 0 Å². The molecule has 1 aromatic rings. The van der Waals surface area contributed by atoms with Crippen LogP contribution in [-0.2, 0) is 4.79 Å². The van der Waals surface area contributed by atoms with Gasteiger partial charge in [0.15, 0.2) is 0 Å². The molecule has 100 valence electrons. The van der Waals surface area contributed by atoms with Gasteiger partial charge in [0.1, 0.15) is 11.9 Å². The second-order valence-corrected chi connectivity index (χ2v) is 4.80. The number of aliphatic hydroxyl groups excluding tert-OH is 1. The van der Waals surface area contributed by atoms with Gasteiger partial charge in [-0.15, -0.1) is 0 Å². The largest absolute Gasteiger partial charge is 0.467 e. The topological polar surface area (TPSA) is 65.7 Å². The molecule has 2 N–H and O–H groups in total. The number of rotatable bonds is 5.